The Bertz CT molecular complexity index is 348. The van der Waals surface area contributed by atoms with E-state index in [1.807, 2.05) is 6.92 Å². The predicted molar refractivity (Wildman–Crippen MR) is 52.5 cm³/mol. The van der Waals surface area contributed by atoms with Crippen LogP contribution in [0.4, 0.5) is 0 Å². The highest BCUT2D eigenvalue weighted by molar-refractivity contribution is 5.41. The van der Waals surface area contributed by atoms with Crippen molar-refractivity contribution in [2.75, 3.05) is 7.11 Å². The Morgan fingerprint density at radius 3 is 3.00 bits per heavy atom. The van der Waals surface area contributed by atoms with E-state index in [0.29, 0.717) is 0 Å². The summed E-state index contributed by atoms with van der Waals surface area (Å²) in [5.41, 5.74) is 1.04. The van der Waals surface area contributed by atoms with Crippen molar-refractivity contribution in [1.82, 2.24) is 0 Å². The van der Waals surface area contributed by atoms with Crippen molar-refractivity contribution in [3.63, 3.8) is 0 Å². The van der Waals surface area contributed by atoms with E-state index in [-0.39, 0.29) is 5.75 Å². The Kier molecular flexibility index (Phi) is 2.11. The number of aromatic hydroxyl groups is 1. The summed E-state index contributed by atoms with van der Waals surface area (Å²) in [6.07, 6.45) is 1.67. The molecular formula is C11H14O3. The normalized spacial score (nSPS) is 25.3. The molecule has 1 N–H and O–H groups in total. The molecule has 14 heavy (non-hydrogen) atoms. The number of fused-ring (bicyclic) bond motifs is 1. The molecule has 0 saturated heterocycles. The van der Waals surface area contributed by atoms with Crippen molar-refractivity contribution in [1.29, 1.82) is 0 Å². The average molecular weight is 194 g/mol. The van der Waals surface area contributed by atoms with Crippen molar-refractivity contribution in [2.45, 2.75) is 25.6 Å². The molecule has 0 aliphatic carbocycles. The van der Waals surface area contributed by atoms with Crippen LogP contribution in [0.2, 0.25) is 0 Å². The van der Waals surface area contributed by atoms with Gasteiger partial charge in [-0.25, -0.2) is 0 Å². The van der Waals surface area contributed by atoms with Crippen LogP contribution in [-0.4, -0.2) is 18.0 Å². The van der Waals surface area contributed by atoms with Crippen molar-refractivity contribution in [3.8, 4) is 11.5 Å². The number of aryl methyl sites for hydroxylation is 1. The van der Waals surface area contributed by atoms with Crippen LogP contribution >= 0.6 is 0 Å². The molecule has 0 fully saturated rings. The number of benzene rings is 1. The summed E-state index contributed by atoms with van der Waals surface area (Å²) in [7, 11) is 1.64. The maximum Gasteiger partial charge on any atom is 0.207 e. The minimum atomic E-state index is -0.524. The van der Waals surface area contributed by atoms with Gasteiger partial charge in [-0.3, -0.25) is 0 Å². The topological polar surface area (TPSA) is 38.7 Å². The molecule has 1 aliphatic heterocycles. The zero-order valence-corrected chi connectivity index (χ0v) is 8.41. The first-order valence-electron chi connectivity index (χ1n) is 4.69. The van der Waals surface area contributed by atoms with Gasteiger partial charge < -0.3 is 14.6 Å². The summed E-state index contributed by atoms with van der Waals surface area (Å²) in [5, 5.41) is 9.29. The van der Waals surface area contributed by atoms with E-state index in [2.05, 4.69) is 0 Å². The first-order valence-corrected chi connectivity index (χ1v) is 4.69. The minimum Gasteiger partial charge on any atom is -0.508 e. The molecule has 3 heteroatoms. The van der Waals surface area contributed by atoms with Gasteiger partial charge >= 0.3 is 0 Å². The number of phenols is 1. The van der Waals surface area contributed by atoms with Crippen LogP contribution in [0.25, 0.3) is 0 Å². The van der Waals surface area contributed by atoms with E-state index in [9.17, 15) is 5.11 Å². The lowest BCUT2D eigenvalue weighted by Gasteiger charge is -2.34. The third-order valence-corrected chi connectivity index (χ3v) is 2.65. The van der Waals surface area contributed by atoms with Gasteiger partial charge in [-0.05, 0) is 30.2 Å². The number of methoxy groups -OCH3 is 1. The van der Waals surface area contributed by atoms with Crippen LogP contribution in [0.3, 0.4) is 0 Å². The van der Waals surface area contributed by atoms with Gasteiger partial charge in [0.2, 0.25) is 5.79 Å². The molecule has 1 aliphatic rings. The molecule has 0 bridgehead atoms. The van der Waals surface area contributed by atoms with Gasteiger partial charge in [-0.2, -0.15) is 0 Å². The zero-order chi connectivity index (χ0) is 10.2. The van der Waals surface area contributed by atoms with Crippen LogP contribution in [-0.2, 0) is 11.2 Å². The van der Waals surface area contributed by atoms with Crippen molar-refractivity contribution >= 4 is 0 Å². The highest BCUT2D eigenvalue weighted by atomic mass is 16.7. The molecule has 1 aromatic rings. The molecule has 0 spiro atoms. The van der Waals surface area contributed by atoms with Crippen molar-refractivity contribution < 1.29 is 14.6 Å². The maximum absolute atomic E-state index is 9.29. The van der Waals surface area contributed by atoms with Gasteiger partial charge in [0.15, 0.2) is 0 Å². The Morgan fingerprint density at radius 1 is 1.50 bits per heavy atom. The number of ether oxygens (including phenoxy) is 2. The number of phenolic OH excluding ortho intramolecular Hbond substituents is 1. The zero-order valence-electron chi connectivity index (χ0n) is 8.41. The third kappa shape index (κ3) is 1.55. The summed E-state index contributed by atoms with van der Waals surface area (Å²) >= 11 is 0. The van der Waals surface area contributed by atoms with Gasteiger partial charge in [0.05, 0.1) is 0 Å². The molecule has 1 aromatic carbocycles. The smallest absolute Gasteiger partial charge is 0.207 e. The van der Waals surface area contributed by atoms with Gasteiger partial charge in [-0.15, -0.1) is 0 Å². The van der Waals surface area contributed by atoms with E-state index < -0.39 is 5.79 Å². The lowest BCUT2D eigenvalue weighted by atomic mass is 10.0. The second kappa shape index (κ2) is 3.17. The SMILES string of the molecule is CO[C@]1(C)CCc2cc(O)ccc2O1. The largest absolute Gasteiger partial charge is 0.508 e. The van der Waals surface area contributed by atoms with Crippen molar-refractivity contribution in [3.05, 3.63) is 23.8 Å². The molecule has 2 rings (SSSR count). The molecule has 1 atom stereocenters. The molecule has 1 heterocycles. The fourth-order valence-electron chi connectivity index (χ4n) is 1.65. The molecular weight excluding hydrogens is 180 g/mol. The number of hydrogen-bond donors (Lipinski definition) is 1. The first-order chi connectivity index (χ1) is 6.63. The van der Waals surface area contributed by atoms with Gasteiger partial charge in [0.1, 0.15) is 11.5 Å². The second-order valence-corrected chi connectivity index (χ2v) is 3.73. The summed E-state index contributed by atoms with van der Waals surface area (Å²) in [6, 6.07) is 5.14. The van der Waals surface area contributed by atoms with E-state index in [1.165, 1.54) is 0 Å². The Balaban J connectivity index is 2.31. The summed E-state index contributed by atoms with van der Waals surface area (Å²) in [5.74, 6) is 0.566. The third-order valence-electron chi connectivity index (χ3n) is 2.65. The van der Waals surface area contributed by atoms with Crippen LogP contribution in [0.1, 0.15) is 18.9 Å². The lowest BCUT2D eigenvalue weighted by molar-refractivity contribution is -0.160. The van der Waals surface area contributed by atoms with E-state index >= 15 is 0 Å². The van der Waals surface area contributed by atoms with Gasteiger partial charge in [0.25, 0.3) is 0 Å². The summed E-state index contributed by atoms with van der Waals surface area (Å²) in [4.78, 5) is 0. The van der Waals surface area contributed by atoms with Crippen LogP contribution in [0, 0.1) is 0 Å². The predicted octanol–water partition coefficient (Wildman–Crippen LogP) is 2.08. The second-order valence-electron chi connectivity index (χ2n) is 3.73. The summed E-state index contributed by atoms with van der Waals surface area (Å²) in [6.45, 7) is 1.92. The first kappa shape index (κ1) is 9.34. The molecule has 3 nitrogen and oxygen atoms in total. The van der Waals surface area contributed by atoms with E-state index in [0.717, 1.165) is 24.2 Å². The average Bonchev–Trinajstić information content (AvgIpc) is 2.19. The van der Waals surface area contributed by atoms with Gasteiger partial charge in [0, 0.05) is 20.5 Å². The maximum atomic E-state index is 9.29. The molecule has 0 saturated carbocycles. The van der Waals surface area contributed by atoms with Crippen LogP contribution < -0.4 is 4.74 Å². The summed E-state index contributed by atoms with van der Waals surface area (Å²) < 4.78 is 11.0. The standard InChI is InChI=1S/C11H14O3/c1-11(13-2)6-5-8-7-9(12)3-4-10(8)14-11/h3-4,7,12H,5-6H2,1-2H3/t11-/m0/s1. The molecule has 76 valence electrons. The van der Waals surface area contributed by atoms with Crippen LogP contribution in [0.15, 0.2) is 18.2 Å². The highest BCUT2D eigenvalue weighted by Crippen LogP contribution is 2.35. The Hall–Kier alpha value is -1.22. The highest BCUT2D eigenvalue weighted by Gasteiger charge is 2.31. The minimum absolute atomic E-state index is 0.286. The fraction of sp³-hybridized carbons (Fsp3) is 0.455. The quantitative estimate of drug-likeness (QED) is 0.743. The number of hydrogen-bond acceptors (Lipinski definition) is 3. The van der Waals surface area contributed by atoms with Crippen LogP contribution in [0.5, 0.6) is 11.5 Å². The molecule has 0 unspecified atom stereocenters. The van der Waals surface area contributed by atoms with E-state index in [1.54, 1.807) is 25.3 Å². The molecule has 0 aromatic heterocycles. The lowest BCUT2D eigenvalue weighted by Crippen LogP contribution is -2.38. The van der Waals surface area contributed by atoms with Crippen molar-refractivity contribution in [2.24, 2.45) is 0 Å². The molecule has 0 radical (unpaired) electrons. The Labute approximate surface area is 83.3 Å². The monoisotopic (exact) mass is 194 g/mol. The molecule has 0 amide bonds. The number of rotatable bonds is 1. The van der Waals surface area contributed by atoms with E-state index in [4.69, 9.17) is 9.47 Å². The Morgan fingerprint density at radius 2 is 2.29 bits per heavy atom. The van der Waals surface area contributed by atoms with Gasteiger partial charge in [-0.1, -0.05) is 0 Å². The fourth-order valence-corrected chi connectivity index (χ4v) is 1.65.